The van der Waals surface area contributed by atoms with E-state index in [4.69, 9.17) is 0 Å². The lowest BCUT2D eigenvalue weighted by atomic mass is 9.87. The lowest BCUT2D eigenvalue weighted by molar-refractivity contribution is 0.397. The Bertz CT molecular complexity index is 581. The molecule has 0 spiro atoms. The lowest BCUT2D eigenvalue weighted by Gasteiger charge is -2.20. The zero-order valence-electron chi connectivity index (χ0n) is 10.6. The van der Waals surface area contributed by atoms with E-state index in [2.05, 4.69) is 17.4 Å². The van der Waals surface area contributed by atoms with Crippen LogP contribution in [0, 0.1) is 0 Å². The van der Waals surface area contributed by atoms with E-state index in [1.165, 1.54) is 0 Å². The fourth-order valence-electron chi connectivity index (χ4n) is 2.79. The molecule has 1 unspecified atom stereocenters. The maximum atomic E-state index is 10.2. The molecule has 0 aliphatic carbocycles. The van der Waals surface area contributed by atoms with E-state index in [0.717, 1.165) is 36.2 Å². The number of hydrogen-bond donors (Lipinski definition) is 3. The average Bonchev–Trinajstić information content (AvgIpc) is 2.67. The molecule has 0 saturated carbocycles. The summed E-state index contributed by atoms with van der Waals surface area (Å²) in [7, 11) is 0. The third kappa shape index (κ3) is 2.17. The fraction of sp³-hybridized carbons (Fsp3) is 0.250. The summed E-state index contributed by atoms with van der Waals surface area (Å²) in [6.45, 7) is 1.66. The van der Waals surface area contributed by atoms with Crippen LogP contribution in [-0.4, -0.2) is 23.3 Å². The molecule has 0 saturated heterocycles. The molecule has 19 heavy (non-hydrogen) atoms. The first kappa shape index (κ1) is 12.1. The van der Waals surface area contributed by atoms with Crippen molar-refractivity contribution in [1.82, 2.24) is 5.32 Å². The number of fused-ring (bicyclic) bond motifs is 1. The van der Waals surface area contributed by atoms with Crippen LogP contribution in [0.4, 0.5) is 0 Å². The number of aromatic hydroxyl groups is 2. The fourth-order valence-corrected chi connectivity index (χ4v) is 2.79. The molecule has 3 nitrogen and oxygen atoms in total. The summed E-state index contributed by atoms with van der Waals surface area (Å²) in [5, 5.41) is 23.4. The smallest absolute Gasteiger partial charge is 0.161 e. The van der Waals surface area contributed by atoms with Crippen molar-refractivity contribution in [2.45, 2.75) is 12.3 Å². The highest BCUT2D eigenvalue weighted by molar-refractivity contribution is 5.54. The zero-order valence-corrected chi connectivity index (χ0v) is 10.6. The predicted octanol–water partition coefficient (Wildman–Crippen LogP) is 2.38. The minimum absolute atomic E-state index is 0.0232. The number of phenolic OH excluding ortho intramolecular Hbond substituents is 2. The highest BCUT2D eigenvalue weighted by Gasteiger charge is 2.24. The molecule has 0 fully saturated rings. The Hall–Kier alpha value is -2.00. The van der Waals surface area contributed by atoms with Gasteiger partial charge in [0.1, 0.15) is 0 Å². The quantitative estimate of drug-likeness (QED) is 0.686. The van der Waals surface area contributed by atoms with Gasteiger partial charge < -0.3 is 15.5 Å². The monoisotopic (exact) mass is 255 g/mol. The van der Waals surface area contributed by atoms with Crippen molar-refractivity contribution in [3.63, 3.8) is 0 Å². The van der Waals surface area contributed by atoms with Gasteiger partial charge in [-0.1, -0.05) is 36.4 Å². The molecule has 0 bridgehead atoms. The molecule has 1 aliphatic heterocycles. The third-order valence-electron chi connectivity index (χ3n) is 3.76. The van der Waals surface area contributed by atoms with Crippen molar-refractivity contribution in [1.29, 1.82) is 0 Å². The minimum atomic E-state index is -0.0402. The van der Waals surface area contributed by atoms with Gasteiger partial charge in [0.05, 0.1) is 0 Å². The number of phenols is 2. The van der Waals surface area contributed by atoms with Crippen molar-refractivity contribution >= 4 is 0 Å². The lowest BCUT2D eigenvalue weighted by Crippen LogP contribution is -2.20. The Morgan fingerprint density at radius 1 is 1.00 bits per heavy atom. The molecule has 3 heteroatoms. The third-order valence-corrected chi connectivity index (χ3v) is 3.76. The van der Waals surface area contributed by atoms with Crippen molar-refractivity contribution in [3.8, 4) is 11.5 Å². The van der Waals surface area contributed by atoms with Gasteiger partial charge in [0.25, 0.3) is 0 Å². The van der Waals surface area contributed by atoms with Gasteiger partial charge in [-0.15, -0.1) is 0 Å². The Morgan fingerprint density at radius 3 is 2.58 bits per heavy atom. The second-order valence-corrected chi connectivity index (χ2v) is 4.92. The number of benzene rings is 2. The van der Waals surface area contributed by atoms with Crippen LogP contribution in [-0.2, 0) is 6.42 Å². The average molecular weight is 255 g/mol. The Labute approximate surface area is 112 Å². The van der Waals surface area contributed by atoms with Crippen molar-refractivity contribution in [3.05, 3.63) is 59.2 Å². The largest absolute Gasteiger partial charge is 0.504 e. The van der Waals surface area contributed by atoms with Crippen LogP contribution in [0.1, 0.15) is 22.6 Å². The van der Waals surface area contributed by atoms with Crippen molar-refractivity contribution in [2.24, 2.45) is 0 Å². The molecule has 1 heterocycles. The maximum absolute atomic E-state index is 10.2. The summed E-state index contributed by atoms with van der Waals surface area (Å²) in [5.74, 6) is 0.0578. The predicted molar refractivity (Wildman–Crippen MR) is 74.6 cm³/mol. The van der Waals surface area contributed by atoms with E-state index in [-0.39, 0.29) is 17.4 Å². The molecule has 3 rings (SSSR count). The number of rotatable bonds is 1. The van der Waals surface area contributed by atoms with Gasteiger partial charge in [-0.2, -0.15) is 0 Å². The maximum Gasteiger partial charge on any atom is 0.161 e. The van der Waals surface area contributed by atoms with Gasteiger partial charge in [-0.3, -0.25) is 0 Å². The Morgan fingerprint density at radius 2 is 1.79 bits per heavy atom. The van der Waals surface area contributed by atoms with Gasteiger partial charge in [0, 0.05) is 18.0 Å². The number of hydrogen-bond acceptors (Lipinski definition) is 3. The van der Waals surface area contributed by atoms with E-state index in [1.807, 2.05) is 24.3 Å². The van der Waals surface area contributed by atoms with Gasteiger partial charge in [0.15, 0.2) is 11.5 Å². The highest BCUT2D eigenvalue weighted by atomic mass is 16.3. The molecule has 0 amide bonds. The second-order valence-electron chi connectivity index (χ2n) is 4.92. The van der Waals surface area contributed by atoms with Crippen LogP contribution >= 0.6 is 0 Å². The molecular formula is C16H17NO2. The van der Waals surface area contributed by atoms with Crippen LogP contribution in [0.3, 0.4) is 0 Å². The van der Waals surface area contributed by atoms with Crippen molar-refractivity contribution < 1.29 is 10.2 Å². The van der Waals surface area contributed by atoms with Crippen LogP contribution in [0.15, 0.2) is 42.5 Å². The molecular weight excluding hydrogens is 238 g/mol. The summed E-state index contributed by atoms with van der Waals surface area (Å²) in [5.41, 5.74) is 3.12. The van der Waals surface area contributed by atoms with E-state index >= 15 is 0 Å². The Kier molecular flexibility index (Phi) is 3.13. The van der Waals surface area contributed by atoms with Crippen molar-refractivity contribution in [2.75, 3.05) is 13.1 Å². The van der Waals surface area contributed by atoms with Crippen LogP contribution in [0.25, 0.3) is 0 Å². The molecule has 0 aromatic heterocycles. The summed E-state index contributed by atoms with van der Waals surface area (Å²) in [4.78, 5) is 0. The van der Waals surface area contributed by atoms with Gasteiger partial charge in [-0.25, -0.2) is 0 Å². The minimum Gasteiger partial charge on any atom is -0.504 e. The first-order chi connectivity index (χ1) is 9.27. The normalized spacial score (nSPS) is 18.6. The summed E-state index contributed by atoms with van der Waals surface area (Å²) in [6.07, 6.45) is 0.868. The molecule has 2 aromatic rings. The zero-order chi connectivity index (χ0) is 13.2. The molecule has 1 aliphatic rings. The van der Waals surface area contributed by atoms with Crippen LogP contribution in [0.2, 0.25) is 0 Å². The van der Waals surface area contributed by atoms with Gasteiger partial charge in [-0.05, 0) is 30.2 Å². The second kappa shape index (κ2) is 4.94. The van der Waals surface area contributed by atoms with Gasteiger partial charge >= 0.3 is 0 Å². The van der Waals surface area contributed by atoms with Crippen LogP contribution in [0.5, 0.6) is 11.5 Å². The first-order valence-corrected chi connectivity index (χ1v) is 6.56. The first-order valence-electron chi connectivity index (χ1n) is 6.56. The molecule has 0 radical (unpaired) electrons. The molecule has 1 atom stereocenters. The number of nitrogens with one attached hydrogen (secondary N) is 1. The SMILES string of the molecule is Oc1ccc2c(c1O)C(c1ccccc1)CNCC2. The molecule has 2 aromatic carbocycles. The van der Waals surface area contributed by atoms with E-state index < -0.39 is 0 Å². The standard InChI is InChI=1S/C16H17NO2/c18-14-7-6-12-8-9-17-10-13(15(12)16(14)19)11-4-2-1-3-5-11/h1-7,13,17-19H,8-10H2. The van der Waals surface area contributed by atoms with Crippen LogP contribution < -0.4 is 5.32 Å². The highest BCUT2D eigenvalue weighted by Crippen LogP contribution is 2.40. The molecule has 98 valence electrons. The molecule has 3 N–H and O–H groups in total. The van der Waals surface area contributed by atoms with E-state index in [0.29, 0.717) is 0 Å². The summed E-state index contributed by atoms with van der Waals surface area (Å²) >= 11 is 0. The van der Waals surface area contributed by atoms with E-state index in [1.54, 1.807) is 6.07 Å². The van der Waals surface area contributed by atoms with Gasteiger partial charge in [0.2, 0.25) is 0 Å². The topological polar surface area (TPSA) is 52.5 Å². The summed E-state index contributed by atoms with van der Waals surface area (Å²) < 4.78 is 0. The van der Waals surface area contributed by atoms with E-state index in [9.17, 15) is 10.2 Å². The summed E-state index contributed by atoms with van der Waals surface area (Å²) in [6, 6.07) is 13.6. The Balaban J connectivity index is 2.16.